The van der Waals surface area contributed by atoms with Crippen LogP contribution in [-0.4, -0.2) is 21.4 Å². The van der Waals surface area contributed by atoms with Crippen molar-refractivity contribution in [3.05, 3.63) is 58.4 Å². The minimum Gasteiger partial charge on any atom is -0.372 e. The molecular formula is C17H17FN2O4S. The lowest BCUT2D eigenvalue weighted by Crippen LogP contribution is -2.21. The number of amides is 1. The van der Waals surface area contributed by atoms with Crippen molar-refractivity contribution in [2.45, 2.75) is 25.0 Å². The topological polar surface area (TPSA) is 84.5 Å². The van der Waals surface area contributed by atoms with Crippen molar-refractivity contribution in [1.29, 1.82) is 0 Å². The van der Waals surface area contributed by atoms with Crippen molar-refractivity contribution in [2.24, 2.45) is 0 Å². The number of fused-ring (bicyclic) bond motifs is 1. The lowest BCUT2D eigenvalue weighted by Gasteiger charge is -2.14. The van der Waals surface area contributed by atoms with E-state index in [-0.39, 0.29) is 22.8 Å². The van der Waals surface area contributed by atoms with Crippen LogP contribution in [0, 0.1) is 12.7 Å². The van der Waals surface area contributed by atoms with Gasteiger partial charge >= 0.3 is 0 Å². The molecule has 25 heavy (non-hydrogen) atoms. The molecule has 0 radical (unpaired) electrons. The smallest absolute Gasteiger partial charge is 0.262 e. The van der Waals surface area contributed by atoms with E-state index in [0.29, 0.717) is 17.7 Å². The zero-order chi connectivity index (χ0) is 18.2. The van der Waals surface area contributed by atoms with Crippen molar-refractivity contribution in [2.75, 3.05) is 11.8 Å². The fourth-order valence-electron chi connectivity index (χ4n) is 2.75. The number of ether oxygens (including phenoxy) is 1. The highest BCUT2D eigenvalue weighted by atomic mass is 32.2. The Morgan fingerprint density at radius 2 is 2.00 bits per heavy atom. The van der Waals surface area contributed by atoms with Crippen LogP contribution in [0.1, 0.15) is 27.0 Å². The van der Waals surface area contributed by atoms with Gasteiger partial charge in [-0.15, -0.1) is 0 Å². The molecule has 1 amide bonds. The molecule has 2 aromatic rings. The summed E-state index contributed by atoms with van der Waals surface area (Å²) in [6.45, 7) is 2.11. The second-order valence-electron chi connectivity index (χ2n) is 5.72. The van der Waals surface area contributed by atoms with Crippen LogP contribution in [0.2, 0.25) is 0 Å². The van der Waals surface area contributed by atoms with Crippen LogP contribution in [-0.2, 0) is 28.0 Å². The molecule has 0 bridgehead atoms. The number of carbonyl (C=O) groups excluding carboxylic acids is 1. The number of benzene rings is 2. The number of hydrogen-bond acceptors (Lipinski definition) is 4. The molecule has 2 aromatic carbocycles. The maximum absolute atomic E-state index is 14.2. The van der Waals surface area contributed by atoms with Gasteiger partial charge in [-0.1, -0.05) is 12.1 Å². The van der Waals surface area contributed by atoms with Crippen LogP contribution >= 0.6 is 0 Å². The molecule has 1 aliphatic rings. The van der Waals surface area contributed by atoms with Crippen LogP contribution in [0.15, 0.2) is 35.2 Å². The molecule has 132 valence electrons. The average Bonchev–Trinajstić information content (AvgIpc) is 3.05. The Hall–Kier alpha value is -2.45. The molecule has 0 aromatic heterocycles. The highest BCUT2D eigenvalue weighted by molar-refractivity contribution is 7.92. The van der Waals surface area contributed by atoms with Gasteiger partial charge in [0.1, 0.15) is 5.82 Å². The van der Waals surface area contributed by atoms with Crippen LogP contribution in [0.4, 0.5) is 10.1 Å². The SMILES string of the molecule is CNC(=O)c1cc(NS(=O)(=O)c2cccc3c2COC3)c(F)cc1C. The molecule has 6 nitrogen and oxygen atoms in total. The van der Waals surface area contributed by atoms with E-state index in [1.165, 1.54) is 19.2 Å². The van der Waals surface area contributed by atoms with E-state index < -0.39 is 21.7 Å². The largest absolute Gasteiger partial charge is 0.372 e. The summed E-state index contributed by atoms with van der Waals surface area (Å²) in [6.07, 6.45) is 0. The lowest BCUT2D eigenvalue weighted by atomic mass is 10.1. The normalized spacial score (nSPS) is 13.4. The lowest BCUT2D eigenvalue weighted by molar-refractivity contribution is 0.0962. The molecule has 0 spiro atoms. The van der Waals surface area contributed by atoms with E-state index >= 15 is 0 Å². The van der Waals surface area contributed by atoms with Gasteiger partial charge in [0.2, 0.25) is 0 Å². The Labute approximate surface area is 145 Å². The molecule has 0 atom stereocenters. The van der Waals surface area contributed by atoms with Crippen LogP contribution in [0.3, 0.4) is 0 Å². The fourth-order valence-corrected chi connectivity index (χ4v) is 4.08. The fraction of sp³-hybridized carbons (Fsp3) is 0.235. The minimum absolute atomic E-state index is 0.0453. The van der Waals surface area contributed by atoms with E-state index in [1.807, 2.05) is 0 Å². The molecule has 1 heterocycles. The van der Waals surface area contributed by atoms with Crippen LogP contribution in [0.5, 0.6) is 0 Å². The molecule has 0 aliphatic carbocycles. The molecule has 0 fully saturated rings. The van der Waals surface area contributed by atoms with Gasteiger partial charge in [0, 0.05) is 18.2 Å². The molecule has 8 heteroatoms. The summed E-state index contributed by atoms with van der Waals surface area (Å²) in [7, 11) is -2.58. The molecule has 2 N–H and O–H groups in total. The summed E-state index contributed by atoms with van der Waals surface area (Å²) >= 11 is 0. The van der Waals surface area contributed by atoms with Crippen molar-refractivity contribution >= 4 is 21.6 Å². The van der Waals surface area contributed by atoms with Gasteiger partial charge in [-0.25, -0.2) is 12.8 Å². The van der Waals surface area contributed by atoms with Gasteiger partial charge in [0.15, 0.2) is 0 Å². The molecule has 1 aliphatic heterocycles. The number of anilines is 1. The Morgan fingerprint density at radius 3 is 2.72 bits per heavy atom. The number of rotatable bonds is 4. The second-order valence-corrected chi connectivity index (χ2v) is 7.37. The summed E-state index contributed by atoms with van der Waals surface area (Å²) in [4.78, 5) is 11.9. The number of aryl methyl sites for hydroxylation is 1. The third-order valence-corrected chi connectivity index (χ3v) is 5.50. The van der Waals surface area contributed by atoms with E-state index in [0.717, 1.165) is 11.6 Å². The average molecular weight is 364 g/mol. The van der Waals surface area contributed by atoms with Crippen molar-refractivity contribution in [3.63, 3.8) is 0 Å². The zero-order valence-electron chi connectivity index (χ0n) is 13.7. The molecule has 3 rings (SSSR count). The van der Waals surface area contributed by atoms with Gasteiger partial charge in [0.05, 0.1) is 23.8 Å². The van der Waals surface area contributed by atoms with Crippen LogP contribution in [0.25, 0.3) is 0 Å². The molecular weight excluding hydrogens is 347 g/mol. The molecule has 0 saturated carbocycles. The van der Waals surface area contributed by atoms with Gasteiger partial charge in [-0.3, -0.25) is 9.52 Å². The van der Waals surface area contributed by atoms with Crippen molar-refractivity contribution < 1.29 is 22.3 Å². The minimum atomic E-state index is -4.02. The zero-order valence-corrected chi connectivity index (χ0v) is 14.5. The first-order chi connectivity index (χ1) is 11.8. The third-order valence-electron chi connectivity index (χ3n) is 4.05. The van der Waals surface area contributed by atoms with E-state index in [9.17, 15) is 17.6 Å². The first-order valence-corrected chi connectivity index (χ1v) is 9.05. The summed E-state index contributed by atoms with van der Waals surface area (Å²) in [5.74, 6) is -1.18. The molecule has 0 unspecified atom stereocenters. The highest BCUT2D eigenvalue weighted by Crippen LogP contribution is 2.29. The van der Waals surface area contributed by atoms with Gasteiger partial charge < -0.3 is 10.1 Å². The summed E-state index contributed by atoms with van der Waals surface area (Å²) in [6, 6.07) is 7.17. The number of halogens is 1. The van der Waals surface area contributed by atoms with Gasteiger partial charge in [-0.2, -0.15) is 0 Å². The monoisotopic (exact) mass is 364 g/mol. The van der Waals surface area contributed by atoms with Crippen molar-refractivity contribution in [3.8, 4) is 0 Å². The Kier molecular flexibility index (Phi) is 4.49. The summed E-state index contributed by atoms with van der Waals surface area (Å²) in [5.41, 5.74) is 1.69. The first kappa shape index (κ1) is 17.4. The first-order valence-electron chi connectivity index (χ1n) is 7.57. The summed E-state index contributed by atoms with van der Waals surface area (Å²) < 4.78 is 47.2. The Morgan fingerprint density at radius 1 is 1.24 bits per heavy atom. The van der Waals surface area contributed by atoms with Gasteiger partial charge in [-0.05, 0) is 36.2 Å². The predicted octanol–water partition coefficient (Wildman–Crippen LogP) is 2.32. The number of hydrogen-bond donors (Lipinski definition) is 2. The van der Waals surface area contributed by atoms with E-state index in [2.05, 4.69) is 10.0 Å². The number of carbonyl (C=O) groups is 1. The quantitative estimate of drug-likeness (QED) is 0.872. The van der Waals surface area contributed by atoms with Crippen LogP contribution < -0.4 is 10.0 Å². The van der Waals surface area contributed by atoms with Gasteiger partial charge in [0.25, 0.3) is 15.9 Å². The third kappa shape index (κ3) is 3.22. The number of nitrogens with one attached hydrogen (secondary N) is 2. The molecule has 0 saturated heterocycles. The van der Waals surface area contributed by atoms with E-state index in [4.69, 9.17) is 4.74 Å². The predicted molar refractivity (Wildman–Crippen MR) is 90.3 cm³/mol. The maximum atomic E-state index is 14.2. The Balaban J connectivity index is 2.02. The highest BCUT2D eigenvalue weighted by Gasteiger charge is 2.25. The Bertz CT molecular complexity index is 957. The summed E-state index contributed by atoms with van der Waals surface area (Å²) in [5, 5.41) is 2.44. The van der Waals surface area contributed by atoms with Crippen molar-refractivity contribution in [1.82, 2.24) is 5.32 Å². The second kappa shape index (κ2) is 6.45. The van der Waals surface area contributed by atoms with E-state index in [1.54, 1.807) is 19.1 Å². The standard InChI is InChI=1S/C17H17FN2O4S/c1-10-6-14(18)15(7-12(10)17(21)19-2)20-25(22,23)16-5-3-4-11-8-24-9-13(11)16/h3-7,20H,8-9H2,1-2H3,(H,19,21). The maximum Gasteiger partial charge on any atom is 0.262 e. The number of sulfonamides is 1.